The molecule has 7 nitrogen and oxygen atoms in total. The highest BCUT2D eigenvalue weighted by molar-refractivity contribution is 7.80. The Labute approximate surface area is 295 Å². The molecule has 0 atom stereocenters. The Kier molecular flexibility index (Phi) is 13.0. The number of anilines is 2. The molecule has 0 aromatic heterocycles. The zero-order valence-corrected chi connectivity index (χ0v) is 30.8. The third-order valence-corrected chi connectivity index (χ3v) is 7.86. The van der Waals surface area contributed by atoms with Crippen LogP contribution in [0, 0.1) is 13.8 Å². The predicted molar refractivity (Wildman–Crippen MR) is 207 cm³/mol. The van der Waals surface area contributed by atoms with Gasteiger partial charge in [0.25, 0.3) is 11.8 Å². The Morgan fingerprint density at radius 1 is 0.625 bits per heavy atom. The molecule has 4 N–H and O–H groups in total. The third kappa shape index (κ3) is 11.6. The van der Waals surface area contributed by atoms with Crippen LogP contribution in [0.3, 0.4) is 0 Å². The minimum absolute atomic E-state index is 0.0538. The summed E-state index contributed by atoms with van der Waals surface area (Å²) in [6, 6.07) is 28.6. The topological polar surface area (TPSA) is 91.5 Å². The largest absolute Gasteiger partial charge is 0.497 e. The predicted octanol–water partition coefficient (Wildman–Crippen LogP) is 8.85. The van der Waals surface area contributed by atoms with E-state index in [4.69, 9.17) is 29.2 Å². The number of carbonyl (C=O) groups excluding carboxylic acids is 2. The number of aryl methyl sites for hydroxylation is 2. The Bertz CT molecular complexity index is 1750. The molecule has 9 heteroatoms. The van der Waals surface area contributed by atoms with Crippen LogP contribution in [0.25, 0.3) is 0 Å². The van der Waals surface area contributed by atoms with E-state index in [1.165, 1.54) is 11.1 Å². The lowest BCUT2D eigenvalue weighted by atomic mass is 9.86. The summed E-state index contributed by atoms with van der Waals surface area (Å²) < 4.78 is 5.15. The first kappa shape index (κ1) is 37.9. The number of carbonyl (C=O) groups is 2. The maximum absolute atomic E-state index is 12.3. The van der Waals surface area contributed by atoms with Crippen molar-refractivity contribution in [3.63, 3.8) is 0 Å². The Morgan fingerprint density at radius 3 is 1.56 bits per heavy atom. The maximum Gasteiger partial charge on any atom is 0.257 e. The van der Waals surface area contributed by atoms with E-state index in [1.807, 2.05) is 98.8 Å². The maximum atomic E-state index is 12.3. The standard InChI is InChI=1S/C20H24N2OS.C19H22N2O2S/c1-13-6-7-14(2)17(12-13)21-19(24)22-18(23)15-8-10-16(11-9-15)20(3,4)5;1-19(2,3)14-10-8-13(9-11-14)17(22)21-18(24)20-15-6-5-7-16(12-15)23-4/h6-12H,1-5H3,(H2,21,22,23,24);5-12H,1-4H3,(H2,20,21,22,24). The minimum Gasteiger partial charge on any atom is -0.497 e. The van der Waals surface area contributed by atoms with E-state index < -0.39 is 0 Å². The van der Waals surface area contributed by atoms with Crippen LogP contribution < -0.4 is 26.0 Å². The van der Waals surface area contributed by atoms with Crippen molar-refractivity contribution in [3.8, 4) is 5.75 Å². The van der Waals surface area contributed by atoms with Gasteiger partial charge in [0.1, 0.15) is 5.75 Å². The van der Waals surface area contributed by atoms with Crippen molar-refractivity contribution in [1.82, 2.24) is 10.6 Å². The molecule has 0 fully saturated rings. The van der Waals surface area contributed by atoms with E-state index in [-0.39, 0.29) is 27.8 Å². The second kappa shape index (κ2) is 16.5. The molecule has 0 saturated carbocycles. The lowest BCUT2D eigenvalue weighted by Crippen LogP contribution is -2.34. The molecule has 0 aliphatic heterocycles. The van der Waals surface area contributed by atoms with E-state index in [0.29, 0.717) is 22.0 Å². The second-order valence-corrected chi connectivity index (χ2v) is 14.3. The Balaban J connectivity index is 0.000000260. The number of methoxy groups -OCH3 is 1. The number of ether oxygens (including phenoxy) is 1. The molecular formula is C39H46N4O3S2. The highest BCUT2D eigenvalue weighted by Crippen LogP contribution is 2.23. The summed E-state index contributed by atoms with van der Waals surface area (Å²) in [6.45, 7) is 16.8. The van der Waals surface area contributed by atoms with Crippen molar-refractivity contribution in [2.24, 2.45) is 0 Å². The van der Waals surface area contributed by atoms with Crippen molar-refractivity contribution in [1.29, 1.82) is 0 Å². The van der Waals surface area contributed by atoms with E-state index in [0.717, 1.165) is 22.5 Å². The number of benzene rings is 4. The first-order chi connectivity index (χ1) is 22.5. The summed E-state index contributed by atoms with van der Waals surface area (Å²) >= 11 is 10.5. The molecule has 0 bridgehead atoms. The molecule has 4 rings (SSSR count). The average molecular weight is 683 g/mol. The van der Waals surface area contributed by atoms with E-state index in [9.17, 15) is 9.59 Å². The summed E-state index contributed by atoms with van der Waals surface area (Å²) in [5.74, 6) is 0.265. The first-order valence-corrected chi connectivity index (χ1v) is 16.4. The molecule has 0 aliphatic rings. The van der Waals surface area contributed by atoms with Gasteiger partial charge in [0, 0.05) is 28.6 Å². The Morgan fingerprint density at radius 2 is 1.10 bits per heavy atom. The van der Waals surface area contributed by atoms with Crippen molar-refractivity contribution < 1.29 is 14.3 Å². The number of amides is 2. The number of hydrogen-bond acceptors (Lipinski definition) is 5. The highest BCUT2D eigenvalue weighted by Gasteiger charge is 2.16. The number of rotatable bonds is 5. The highest BCUT2D eigenvalue weighted by atomic mass is 32.1. The van der Waals surface area contributed by atoms with Crippen LogP contribution in [-0.2, 0) is 10.8 Å². The second-order valence-electron chi connectivity index (χ2n) is 13.5. The van der Waals surface area contributed by atoms with Gasteiger partial charge < -0.3 is 15.4 Å². The Hall–Kier alpha value is -4.60. The van der Waals surface area contributed by atoms with Crippen LogP contribution in [0.15, 0.2) is 91.0 Å². The van der Waals surface area contributed by atoms with Crippen molar-refractivity contribution >= 4 is 57.8 Å². The molecule has 0 saturated heterocycles. The van der Waals surface area contributed by atoms with Crippen LogP contribution >= 0.6 is 24.4 Å². The van der Waals surface area contributed by atoms with Crippen LogP contribution in [0.1, 0.15) is 84.5 Å². The molecule has 0 unspecified atom stereocenters. The number of thiocarbonyl (C=S) groups is 2. The van der Waals surface area contributed by atoms with Gasteiger partial charge in [0.2, 0.25) is 0 Å². The van der Waals surface area contributed by atoms with E-state index >= 15 is 0 Å². The monoisotopic (exact) mass is 682 g/mol. The van der Waals surface area contributed by atoms with Crippen LogP contribution in [-0.4, -0.2) is 29.1 Å². The molecule has 0 radical (unpaired) electrons. The van der Waals surface area contributed by atoms with E-state index in [2.05, 4.69) is 62.8 Å². The van der Waals surface area contributed by atoms with Gasteiger partial charge in [-0.1, -0.05) is 84.0 Å². The van der Waals surface area contributed by atoms with Gasteiger partial charge in [0.15, 0.2) is 10.2 Å². The van der Waals surface area contributed by atoms with Gasteiger partial charge in [-0.15, -0.1) is 0 Å². The fourth-order valence-corrected chi connectivity index (χ4v) is 4.89. The quantitative estimate of drug-likeness (QED) is 0.156. The van der Waals surface area contributed by atoms with E-state index in [1.54, 1.807) is 13.2 Å². The lowest BCUT2D eigenvalue weighted by Gasteiger charge is -2.19. The molecule has 2 amide bonds. The fraction of sp³-hybridized carbons (Fsp3) is 0.282. The normalized spacial score (nSPS) is 10.9. The van der Waals surface area contributed by atoms with Gasteiger partial charge >= 0.3 is 0 Å². The zero-order valence-electron chi connectivity index (χ0n) is 29.2. The smallest absolute Gasteiger partial charge is 0.257 e. The number of nitrogens with one attached hydrogen (secondary N) is 4. The lowest BCUT2D eigenvalue weighted by molar-refractivity contribution is 0.0969. The first-order valence-electron chi connectivity index (χ1n) is 15.6. The van der Waals surface area contributed by atoms with Gasteiger partial charge in [0.05, 0.1) is 7.11 Å². The molecule has 0 heterocycles. The summed E-state index contributed by atoms with van der Waals surface area (Å²) in [4.78, 5) is 24.6. The molecular weight excluding hydrogens is 637 g/mol. The minimum atomic E-state index is -0.240. The van der Waals surface area contributed by atoms with Crippen LogP contribution in [0.5, 0.6) is 5.75 Å². The molecule has 4 aromatic carbocycles. The molecule has 252 valence electrons. The van der Waals surface area contributed by atoms with Gasteiger partial charge in [-0.3, -0.25) is 20.2 Å². The van der Waals surface area contributed by atoms with Crippen molar-refractivity contribution in [2.45, 2.75) is 66.2 Å². The van der Waals surface area contributed by atoms with Gasteiger partial charge in [-0.05, 0) is 114 Å². The average Bonchev–Trinajstić information content (AvgIpc) is 3.02. The molecule has 4 aromatic rings. The van der Waals surface area contributed by atoms with Crippen molar-refractivity contribution in [3.05, 3.63) is 124 Å². The SMILES string of the molecule is COc1cccc(NC(=S)NC(=O)c2ccc(C(C)(C)C)cc2)c1.Cc1ccc(C)c(NC(=S)NC(=O)c2ccc(C(C)(C)C)cc2)c1. The summed E-state index contributed by atoms with van der Waals surface area (Å²) in [6.07, 6.45) is 0. The molecule has 48 heavy (non-hydrogen) atoms. The van der Waals surface area contributed by atoms with Crippen LogP contribution in [0.4, 0.5) is 11.4 Å². The van der Waals surface area contributed by atoms with Crippen LogP contribution in [0.2, 0.25) is 0 Å². The summed E-state index contributed by atoms with van der Waals surface area (Å²) in [7, 11) is 1.60. The fourth-order valence-electron chi connectivity index (χ4n) is 4.48. The molecule has 0 spiro atoms. The van der Waals surface area contributed by atoms with Gasteiger partial charge in [-0.2, -0.15) is 0 Å². The van der Waals surface area contributed by atoms with Gasteiger partial charge in [-0.25, -0.2) is 0 Å². The zero-order chi connectivity index (χ0) is 35.6. The summed E-state index contributed by atoms with van der Waals surface area (Å²) in [5.41, 5.74) is 7.51. The molecule has 0 aliphatic carbocycles. The third-order valence-electron chi connectivity index (χ3n) is 7.45. The summed E-state index contributed by atoms with van der Waals surface area (Å²) in [5, 5.41) is 12.0. The number of hydrogen-bond donors (Lipinski definition) is 4. The van der Waals surface area contributed by atoms with Crippen molar-refractivity contribution in [2.75, 3.05) is 17.7 Å².